The van der Waals surface area contributed by atoms with Gasteiger partial charge in [-0.25, -0.2) is 18.4 Å². The molecule has 1 saturated carbocycles. The fourth-order valence-electron chi connectivity index (χ4n) is 3.55. The van der Waals surface area contributed by atoms with Gasteiger partial charge >= 0.3 is 0 Å². The highest BCUT2D eigenvalue weighted by atomic mass is 32.2. The summed E-state index contributed by atoms with van der Waals surface area (Å²) in [6.45, 7) is 1.87. The molecular formula is C21H25N5O2S2. The summed E-state index contributed by atoms with van der Waals surface area (Å²) in [5.74, 6) is 2.23. The first-order valence-electron chi connectivity index (χ1n) is 10.0. The van der Waals surface area contributed by atoms with Crippen LogP contribution >= 0.6 is 11.3 Å². The number of hydrogen-bond acceptors (Lipinski definition) is 7. The molecule has 9 heteroatoms. The second-order valence-electron chi connectivity index (χ2n) is 7.40. The van der Waals surface area contributed by atoms with E-state index in [2.05, 4.69) is 25.3 Å². The average molecular weight is 444 g/mol. The highest BCUT2D eigenvalue weighted by molar-refractivity contribution is 7.94. The van der Waals surface area contributed by atoms with Crippen LogP contribution in [0.25, 0.3) is 0 Å². The van der Waals surface area contributed by atoms with E-state index in [4.69, 9.17) is 0 Å². The lowest BCUT2D eigenvalue weighted by Gasteiger charge is -2.23. The van der Waals surface area contributed by atoms with Gasteiger partial charge in [0.05, 0.1) is 0 Å². The minimum Gasteiger partial charge on any atom is -0.367 e. The van der Waals surface area contributed by atoms with Crippen LogP contribution in [0.1, 0.15) is 37.9 Å². The van der Waals surface area contributed by atoms with Gasteiger partial charge in [0.25, 0.3) is 10.0 Å². The SMILES string of the molecule is Cc1nc(Nc2ccc(NS(=O)(=O)c3cccs3)cc2)cc(NC2CCCCC2)n1. The van der Waals surface area contributed by atoms with Crippen LogP contribution in [0.2, 0.25) is 0 Å². The molecule has 0 amide bonds. The molecule has 1 aromatic carbocycles. The van der Waals surface area contributed by atoms with Crippen molar-refractivity contribution in [1.82, 2.24) is 9.97 Å². The third-order valence-corrected chi connectivity index (χ3v) is 7.74. The van der Waals surface area contributed by atoms with E-state index >= 15 is 0 Å². The van der Waals surface area contributed by atoms with E-state index in [1.165, 1.54) is 43.4 Å². The molecule has 1 aliphatic carbocycles. The second-order valence-corrected chi connectivity index (χ2v) is 10.3. The Kier molecular flexibility index (Phi) is 6.19. The molecule has 0 atom stereocenters. The molecule has 0 unspecified atom stereocenters. The van der Waals surface area contributed by atoms with Crippen molar-refractivity contribution >= 4 is 44.4 Å². The number of aromatic nitrogens is 2. The Balaban J connectivity index is 1.43. The van der Waals surface area contributed by atoms with Crippen LogP contribution in [0.3, 0.4) is 0 Å². The van der Waals surface area contributed by atoms with E-state index in [9.17, 15) is 8.42 Å². The zero-order chi connectivity index (χ0) is 21.0. The normalized spacial score (nSPS) is 15.0. The number of hydrogen-bond donors (Lipinski definition) is 3. The molecule has 7 nitrogen and oxygen atoms in total. The van der Waals surface area contributed by atoms with Crippen LogP contribution in [0, 0.1) is 6.92 Å². The average Bonchev–Trinajstić information content (AvgIpc) is 3.26. The highest BCUT2D eigenvalue weighted by Crippen LogP contribution is 2.25. The molecule has 3 N–H and O–H groups in total. The lowest BCUT2D eigenvalue weighted by atomic mass is 9.95. The number of anilines is 4. The predicted octanol–water partition coefficient (Wildman–Crippen LogP) is 5.14. The first-order chi connectivity index (χ1) is 14.5. The zero-order valence-corrected chi connectivity index (χ0v) is 18.4. The Morgan fingerprint density at radius 2 is 1.67 bits per heavy atom. The maximum atomic E-state index is 12.3. The van der Waals surface area contributed by atoms with Crippen molar-refractivity contribution in [2.45, 2.75) is 49.3 Å². The summed E-state index contributed by atoms with van der Waals surface area (Å²) >= 11 is 1.19. The molecule has 0 bridgehead atoms. The van der Waals surface area contributed by atoms with E-state index in [-0.39, 0.29) is 0 Å². The van der Waals surface area contributed by atoms with Crippen molar-refractivity contribution in [1.29, 1.82) is 0 Å². The summed E-state index contributed by atoms with van der Waals surface area (Å²) in [7, 11) is -3.55. The standard InChI is InChI=1S/C21H25N5O2S2/c1-15-22-19(24-16-6-3-2-4-7-16)14-20(23-15)25-17-9-11-18(12-10-17)26-30(27,28)21-8-5-13-29-21/h5,8-14,16,26H,2-4,6-7H2,1H3,(H2,22,23,24,25). The van der Waals surface area contributed by atoms with Gasteiger partial charge in [-0.2, -0.15) is 0 Å². The molecule has 2 aromatic heterocycles. The van der Waals surface area contributed by atoms with Crippen molar-refractivity contribution in [2.75, 3.05) is 15.4 Å². The number of nitrogens with zero attached hydrogens (tertiary/aromatic N) is 2. The van der Waals surface area contributed by atoms with E-state index in [1.54, 1.807) is 29.6 Å². The summed E-state index contributed by atoms with van der Waals surface area (Å²) in [6.07, 6.45) is 6.18. The molecular weight excluding hydrogens is 418 g/mol. The van der Waals surface area contributed by atoms with Crippen molar-refractivity contribution in [3.05, 3.63) is 53.7 Å². The Bertz CT molecular complexity index is 1080. The second kappa shape index (κ2) is 9.01. The predicted molar refractivity (Wildman–Crippen MR) is 122 cm³/mol. The van der Waals surface area contributed by atoms with Crippen molar-refractivity contribution in [2.24, 2.45) is 0 Å². The monoisotopic (exact) mass is 443 g/mol. The van der Waals surface area contributed by atoms with Gasteiger partial charge in [0.2, 0.25) is 0 Å². The van der Waals surface area contributed by atoms with Gasteiger partial charge in [-0.15, -0.1) is 11.3 Å². The van der Waals surface area contributed by atoms with Gasteiger partial charge in [-0.1, -0.05) is 25.3 Å². The molecule has 0 radical (unpaired) electrons. The first kappa shape index (κ1) is 20.6. The van der Waals surface area contributed by atoms with Crippen molar-refractivity contribution < 1.29 is 8.42 Å². The number of nitrogens with one attached hydrogen (secondary N) is 3. The molecule has 0 saturated heterocycles. The minimum atomic E-state index is -3.55. The van der Waals surface area contributed by atoms with E-state index in [0.29, 0.717) is 27.6 Å². The Hall–Kier alpha value is -2.65. The molecule has 4 rings (SSSR count). The van der Waals surface area contributed by atoms with E-state index < -0.39 is 10.0 Å². The molecule has 1 fully saturated rings. The van der Waals surface area contributed by atoms with Crippen molar-refractivity contribution in [3.63, 3.8) is 0 Å². The summed E-state index contributed by atoms with van der Waals surface area (Å²) < 4.78 is 27.6. The number of sulfonamides is 1. The van der Waals surface area contributed by atoms with Gasteiger partial charge in [-0.3, -0.25) is 4.72 Å². The van der Waals surface area contributed by atoms with Gasteiger partial charge < -0.3 is 10.6 Å². The van der Waals surface area contributed by atoms with Crippen LogP contribution in [0.15, 0.2) is 52.1 Å². The van der Waals surface area contributed by atoms with Crippen LogP contribution < -0.4 is 15.4 Å². The molecule has 2 heterocycles. The Morgan fingerprint density at radius 1 is 0.967 bits per heavy atom. The van der Waals surface area contributed by atoms with Gasteiger partial charge in [0.1, 0.15) is 21.7 Å². The van der Waals surface area contributed by atoms with E-state index in [1.807, 2.05) is 25.1 Å². The Labute approximate surface area is 181 Å². The van der Waals surface area contributed by atoms with Crippen LogP contribution in [0.4, 0.5) is 23.0 Å². The van der Waals surface area contributed by atoms with Gasteiger partial charge in [0, 0.05) is 23.5 Å². The molecule has 30 heavy (non-hydrogen) atoms. The maximum Gasteiger partial charge on any atom is 0.271 e. The lowest BCUT2D eigenvalue weighted by Crippen LogP contribution is -2.23. The molecule has 0 spiro atoms. The van der Waals surface area contributed by atoms with E-state index in [0.717, 1.165) is 11.5 Å². The summed E-state index contributed by atoms with van der Waals surface area (Å²) in [4.78, 5) is 8.98. The molecule has 158 valence electrons. The number of thiophene rings is 1. The Morgan fingerprint density at radius 3 is 2.37 bits per heavy atom. The topological polar surface area (TPSA) is 96.0 Å². The number of rotatable bonds is 7. The third-order valence-electron chi connectivity index (χ3n) is 4.96. The fraction of sp³-hybridized carbons (Fsp3) is 0.333. The number of aryl methyl sites for hydroxylation is 1. The molecule has 1 aliphatic rings. The zero-order valence-electron chi connectivity index (χ0n) is 16.8. The van der Waals surface area contributed by atoms with Crippen LogP contribution in [-0.2, 0) is 10.0 Å². The highest BCUT2D eigenvalue weighted by Gasteiger charge is 2.16. The maximum absolute atomic E-state index is 12.3. The number of benzene rings is 1. The van der Waals surface area contributed by atoms with Crippen LogP contribution in [-0.4, -0.2) is 24.4 Å². The van der Waals surface area contributed by atoms with Crippen molar-refractivity contribution in [3.8, 4) is 0 Å². The smallest absolute Gasteiger partial charge is 0.271 e. The fourth-order valence-corrected chi connectivity index (χ4v) is 5.60. The van der Waals surface area contributed by atoms with Gasteiger partial charge in [-0.05, 0) is 55.5 Å². The quantitative estimate of drug-likeness (QED) is 0.468. The minimum absolute atomic E-state index is 0.291. The largest absolute Gasteiger partial charge is 0.367 e. The lowest BCUT2D eigenvalue weighted by molar-refractivity contribution is 0.462. The summed E-state index contributed by atoms with van der Waals surface area (Å²) in [5, 5.41) is 8.54. The van der Waals surface area contributed by atoms with Gasteiger partial charge in [0.15, 0.2) is 0 Å². The summed E-state index contributed by atoms with van der Waals surface area (Å²) in [6, 6.07) is 12.8. The summed E-state index contributed by atoms with van der Waals surface area (Å²) in [5.41, 5.74) is 1.32. The first-order valence-corrected chi connectivity index (χ1v) is 12.4. The third kappa shape index (κ3) is 5.28. The molecule has 0 aliphatic heterocycles. The van der Waals surface area contributed by atoms with Crippen LogP contribution in [0.5, 0.6) is 0 Å². The molecule has 3 aromatic rings.